The maximum Gasteiger partial charge on any atom is 0.226 e. The van der Waals surface area contributed by atoms with Crippen LogP contribution in [0.25, 0.3) is 11.5 Å². The van der Waals surface area contributed by atoms with Gasteiger partial charge in [0.15, 0.2) is 0 Å². The number of oxazole rings is 1. The van der Waals surface area contributed by atoms with Crippen molar-refractivity contribution in [2.45, 2.75) is 19.0 Å². The maximum atomic E-state index is 5.65. The average molecular weight is 299 g/mol. The summed E-state index contributed by atoms with van der Waals surface area (Å²) in [6.45, 7) is 4.31. The first-order valence-corrected chi connectivity index (χ1v) is 7.87. The van der Waals surface area contributed by atoms with Gasteiger partial charge in [0.25, 0.3) is 0 Å². The lowest BCUT2D eigenvalue weighted by atomic mass is 10.1. The number of rotatable bonds is 4. The molecule has 0 unspecified atom stereocenters. The van der Waals surface area contributed by atoms with Crippen molar-refractivity contribution in [3.8, 4) is 17.2 Å². The van der Waals surface area contributed by atoms with Gasteiger partial charge in [0.2, 0.25) is 5.89 Å². The molecule has 4 rings (SSSR count). The van der Waals surface area contributed by atoms with E-state index in [9.17, 15) is 0 Å². The van der Waals surface area contributed by atoms with Crippen molar-refractivity contribution >= 4 is 0 Å². The number of hydrogen-bond acceptors (Lipinski definition) is 5. The monoisotopic (exact) mass is 299 g/mol. The zero-order chi connectivity index (χ0) is 14.9. The summed E-state index contributed by atoms with van der Waals surface area (Å²) in [5.74, 6) is 2.33. The van der Waals surface area contributed by atoms with E-state index < -0.39 is 0 Å². The first kappa shape index (κ1) is 13.8. The zero-order valence-corrected chi connectivity index (χ0v) is 12.8. The molecule has 1 aromatic carbocycles. The summed E-state index contributed by atoms with van der Waals surface area (Å²) in [7, 11) is 1.67. The average Bonchev–Trinajstić information content (AvgIpc) is 3.26. The van der Waals surface area contributed by atoms with Gasteiger partial charge in [0.1, 0.15) is 12.0 Å². The standard InChI is InChI=1S/C17H21N3O2/c1-21-15-4-2-12(3-5-15)17-19-14(11-22-17)10-20-7-6-13-8-18-9-16(13)20/h2-5,11,13,16,18H,6-10H2,1H3/t13-,16+/m1/s1. The minimum absolute atomic E-state index is 0.668. The van der Waals surface area contributed by atoms with Crippen LogP contribution in [0.4, 0.5) is 0 Å². The highest BCUT2D eigenvalue weighted by Gasteiger charge is 2.37. The van der Waals surface area contributed by atoms with Gasteiger partial charge in [0.05, 0.1) is 12.8 Å². The molecule has 0 radical (unpaired) electrons. The number of nitrogens with one attached hydrogen (secondary N) is 1. The third-order valence-corrected chi connectivity index (χ3v) is 4.81. The lowest BCUT2D eigenvalue weighted by molar-refractivity contribution is 0.241. The molecule has 0 bridgehead atoms. The molecule has 2 aromatic rings. The Labute approximate surface area is 130 Å². The van der Waals surface area contributed by atoms with E-state index in [1.165, 1.54) is 13.0 Å². The highest BCUT2D eigenvalue weighted by molar-refractivity contribution is 5.54. The topological polar surface area (TPSA) is 50.5 Å². The van der Waals surface area contributed by atoms with Gasteiger partial charge in [0, 0.05) is 24.7 Å². The molecule has 22 heavy (non-hydrogen) atoms. The highest BCUT2D eigenvalue weighted by Crippen LogP contribution is 2.29. The van der Waals surface area contributed by atoms with Gasteiger partial charge in [-0.3, -0.25) is 4.90 Å². The molecule has 1 aromatic heterocycles. The van der Waals surface area contributed by atoms with Crippen LogP contribution >= 0.6 is 0 Å². The van der Waals surface area contributed by atoms with Crippen molar-refractivity contribution in [2.75, 3.05) is 26.7 Å². The Morgan fingerprint density at radius 2 is 2.18 bits per heavy atom. The van der Waals surface area contributed by atoms with Gasteiger partial charge < -0.3 is 14.5 Å². The van der Waals surface area contributed by atoms with Crippen LogP contribution in [-0.2, 0) is 6.54 Å². The molecule has 2 saturated heterocycles. The smallest absolute Gasteiger partial charge is 0.226 e. The molecule has 0 saturated carbocycles. The predicted octanol–water partition coefficient (Wildman–Crippen LogP) is 2.14. The first-order valence-electron chi connectivity index (χ1n) is 7.87. The zero-order valence-electron chi connectivity index (χ0n) is 12.8. The second kappa shape index (κ2) is 5.74. The van der Waals surface area contributed by atoms with Crippen LogP contribution in [0.2, 0.25) is 0 Å². The van der Waals surface area contributed by atoms with Crippen LogP contribution < -0.4 is 10.1 Å². The van der Waals surface area contributed by atoms with E-state index in [-0.39, 0.29) is 0 Å². The fourth-order valence-electron chi connectivity index (χ4n) is 3.59. The fourth-order valence-corrected chi connectivity index (χ4v) is 3.59. The van der Waals surface area contributed by atoms with E-state index in [1.54, 1.807) is 13.4 Å². The third-order valence-electron chi connectivity index (χ3n) is 4.81. The molecule has 2 fully saturated rings. The van der Waals surface area contributed by atoms with E-state index in [4.69, 9.17) is 9.15 Å². The Morgan fingerprint density at radius 1 is 1.32 bits per heavy atom. The number of methoxy groups -OCH3 is 1. The summed E-state index contributed by atoms with van der Waals surface area (Å²) < 4.78 is 10.8. The largest absolute Gasteiger partial charge is 0.497 e. The van der Waals surface area contributed by atoms with Crippen molar-refractivity contribution in [3.63, 3.8) is 0 Å². The second-order valence-electron chi connectivity index (χ2n) is 6.12. The minimum atomic E-state index is 0.668. The van der Waals surface area contributed by atoms with E-state index in [1.807, 2.05) is 24.3 Å². The van der Waals surface area contributed by atoms with Gasteiger partial charge in [-0.1, -0.05) is 0 Å². The van der Waals surface area contributed by atoms with Crippen LogP contribution in [0.3, 0.4) is 0 Å². The number of nitrogens with zero attached hydrogens (tertiary/aromatic N) is 2. The molecule has 5 heteroatoms. The Hall–Kier alpha value is -1.85. The number of ether oxygens (including phenoxy) is 1. The van der Waals surface area contributed by atoms with Crippen molar-refractivity contribution < 1.29 is 9.15 Å². The molecular weight excluding hydrogens is 278 g/mol. The van der Waals surface area contributed by atoms with Crippen LogP contribution in [0.5, 0.6) is 5.75 Å². The van der Waals surface area contributed by atoms with Crippen molar-refractivity contribution in [2.24, 2.45) is 5.92 Å². The van der Waals surface area contributed by atoms with E-state index >= 15 is 0 Å². The van der Waals surface area contributed by atoms with E-state index in [0.29, 0.717) is 11.9 Å². The Kier molecular flexibility index (Phi) is 3.60. The number of likely N-dealkylation sites (tertiary alicyclic amines) is 1. The van der Waals surface area contributed by atoms with Crippen LogP contribution in [0.1, 0.15) is 12.1 Å². The molecule has 5 nitrogen and oxygen atoms in total. The van der Waals surface area contributed by atoms with Crippen LogP contribution in [-0.4, -0.2) is 42.7 Å². The highest BCUT2D eigenvalue weighted by atomic mass is 16.5. The molecule has 0 amide bonds. The summed E-state index contributed by atoms with van der Waals surface area (Å²) in [6.07, 6.45) is 3.08. The number of hydrogen-bond donors (Lipinski definition) is 1. The fraction of sp³-hybridized carbons (Fsp3) is 0.471. The Morgan fingerprint density at radius 3 is 3.00 bits per heavy atom. The van der Waals surface area contributed by atoms with Crippen molar-refractivity contribution in [1.29, 1.82) is 0 Å². The van der Waals surface area contributed by atoms with Crippen molar-refractivity contribution in [1.82, 2.24) is 15.2 Å². The third kappa shape index (κ3) is 2.51. The minimum Gasteiger partial charge on any atom is -0.497 e. The molecule has 0 spiro atoms. The Bertz CT molecular complexity index is 638. The summed E-state index contributed by atoms with van der Waals surface area (Å²) in [5, 5.41) is 3.48. The van der Waals surface area contributed by atoms with Gasteiger partial charge in [-0.15, -0.1) is 0 Å². The molecule has 0 aliphatic carbocycles. The lowest BCUT2D eigenvalue weighted by Crippen LogP contribution is -2.33. The number of benzene rings is 1. The van der Waals surface area contributed by atoms with Crippen LogP contribution in [0, 0.1) is 5.92 Å². The summed E-state index contributed by atoms with van der Waals surface area (Å²) in [4.78, 5) is 7.17. The van der Waals surface area contributed by atoms with Crippen molar-refractivity contribution in [3.05, 3.63) is 36.2 Å². The molecular formula is C17H21N3O2. The summed E-state index contributed by atoms with van der Waals surface area (Å²) in [5.41, 5.74) is 1.99. The molecule has 2 aliphatic heterocycles. The SMILES string of the molecule is COc1ccc(-c2nc(CN3CC[C@@H]4CNC[C@@H]43)co2)cc1. The molecule has 2 atom stereocenters. The van der Waals surface area contributed by atoms with E-state index in [2.05, 4.69) is 15.2 Å². The second-order valence-corrected chi connectivity index (χ2v) is 6.12. The lowest BCUT2D eigenvalue weighted by Gasteiger charge is -2.21. The van der Waals surface area contributed by atoms with Gasteiger partial charge >= 0.3 is 0 Å². The van der Waals surface area contributed by atoms with Gasteiger partial charge in [-0.2, -0.15) is 0 Å². The van der Waals surface area contributed by atoms with Crippen LogP contribution in [0.15, 0.2) is 34.9 Å². The normalized spacial score (nSPS) is 24.6. The predicted molar refractivity (Wildman–Crippen MR) is 83.7 cm³/mol. The Balaban J connectivity index is 1.47. The molecule has 116 valence electrons. The summed E-state index contributed by atoms with van der Waals surface area (Å²) >= 11 is 0. The molecule has 2 aliphatic rings. The summed E-state index contributed by atoms with van der Waals surface area (Å²) in [6, 6.07) is 8.46. The number of aromatic nitrogens is 1. The maximum absolute atomic E-state index is 5.65. The molecule has 3 heterocycles. The quantitative estimate of drug-likeness (QED) is 0.937. The first-order chi connectivity index (χ1) is 10.8. The van der Waals surface area contributed by atoms with Gasteiger partial charge in [-0.05, 0) is 49.7 Å². The number of fused-ring (bicyclic) bond motifs is 1. The van der Waals surface area contributed by atoms with E-state index in [0.717, 1.165) is 42.6 Å². The van der Waals surface area contributed by atoms with Gasteiger partial charge in [-0.25, -0.2) is 4.98 Å². The molecule has 1 N–H and O–H groups in total.